The molecule has 0 atom stereocenters. The number of aromatic nitrogens is 2. The van der Waals surface area contributed by atoms with Crippen LogP contribution in [0.15, 0.2) is 36.7 Å². The predicted molar refractivity (Wildman–Crippen MR) is 127 cm³/mol. The van der Waals surface area contributed by atoms with Crippen LogP contribution >= 0.6 is 12.2 Å². The Morgan fingerprint density at radius 2 is 1.81 bits per heavy atom. The van der Waals surface area contributed by atoms with Crippen molar-refractivity contribution in [3.8, 4) is 5.75 Å². The van der Waals surface area contributed by atoms with E-state index in [2.05, 4.69) is 19.8 Å². The molecule has 3 rings (SSSR count). The fraction of sp³-hybridized carbons (Fsp3) is 0.565. The highest BCUT2D eigenvalue weighted by molar-refractivity contribution is 7.80. The van der Waals surface area contributed by atoms with Crippen molar-refractivity contribution in [3.63, 3.8) is 0 Å². The summed E-state index contributed by atoms with van der Waals surface area (Å²) in [6, 6.07) is 7.91. The predicted octanol–water partition coefficient (Wildman–Crippen LogP) is 3.91. The van der Waals surface area contributed by atoms with Gasteiger partial charge in [0.15, 0.2) is 5.11 Å². The molecule has 0 amide bonds. The third kappa shape index (κ3) is 7.19. The number of piperidine rings is 1. The first-order valence-electron chi connectivity index (χ1n) is 11.2. The lowest BCUT2D eigenvalue weighted by Crippen LogP contribution is -2.40. The van der Waals surface area contributed by atoms with Crippen molar-refractivity contribution >= 4 is 23.0 Å². The Labute approximate surface area is 190 Å². The highest BCUT2D eigenvalue weighted by atomic mass is 32.1. The van der Waals surface area contributed by atoms with Gasteiger partial charge in [0.2, 0.25) is 0 Å². The highest BCUT2D eigenvalue weighted by Crippen LogP contribution is 2.27. The van der Waals surface area contributed by atoms with Crippen molar-refractivity contribution < 1.29 is 14.2 Å². The van der Waals surface area contributed by atoms with E-state index < -0.39 is 0 Å². The summed E-state index contributed by atoms with van der Waals surface area (Å²) in [7, 11) is 0. The van der Waals surface area contributed by atoms with E-state index >= 15 is 0 Å². The van der Waals surface area contributed by atoms with Crippen LogP contribution < -0.4 is 10.1 Å². The van der Waals surface area contributed by atoms with Crippen molar-refractivity contribution in [2.45, 2.75) is 39.2 Å². The number of imidazole rings is 1. The molecule has 0 spiro atoms. The Balaban J connectivity index is 1.43. The van der Waals surface area contributed by atoms with Gasteiger partial charge in [-0.25, -0.2) is 4.98 Å². The Morgan fingerprint density at radius 1 is 1.06 bits per heavy atom. The zero-order chi connectivity index (χ0) is 21.9. The second-order valence-electron chi connectivity index (χ2n) is 7.44. The molecule has 1 aromatic carbocycles. The van der Waals surface area contributed by atoms with Gasteiger partial charge in [0.1, 0.15) is 11.6 Å². The number of nitrogens with zero attached hydrogens (tertiary/aromatic N) is 3. The van der Waals surface area contributed by atoms with Crippen molar-refractivity contribution in [2.75, 3.05) is 51.4 Å². The summed E-state index contributed by atoms with van der Waals surface area (Å²) >= 11 is 5.64. The normalized spacial score (nSPS) is 14.6. The van der Waals surface area contributed by atoms with Gasteiger partial charge in [-0.3, -0.25) is 0 Å². The molecule has 2 aromatic rings. The zero-order valence-corrected chi connectivity index (χ0v) is 19.4. The molecule has 170 valence electrons. The van der Waals surface area contributed by atoms with Crippen molar-refractivity contribution in [1.82, 2.24) is 14.5 Å². The first-order chi connectivity index (χ1) is 15.2. The molecule has 1 aromatic heterocycles. The molecular weight excluding hydrogens is 412 g/mol. The highest BCUT2D eigenvalue weighted by Gasteiger charge is 2.25. The first kappa shape index (κ1) is 23.5. The van der Waals surface area contributed by atoms with Gasteiger partial charge >= 0.3 is 0 Å². The van der Waals surface area contributed by atoms with Crippen molar-refractivity contribution in [2.24, 2.45) is 0 Å². The molecule has 0 saturated carbocycles. The minimum atomic E-state index is 0.447. The molecular formula is C23H34N4O3S. The summed E-state index contributed by atoms with van der Waals surface area (Å²) in [5.41, 5.74) is 0.982. The van der Waals surface area contributed by atoms with Gasteiger partial charge in [-0.1, -0.05) is 0 Å². The van der Waals surface area contributed by atoms with Gasteiger partial charge in [0.05, 0.1) is 26.4 Å². The van der Waals surface area contributed by atoms with Crippen LogP contribution in [0.4, 0.5) is 5.69 Å². The Kier molecular flexibility index (Phi) is 9.58. The summed E-state index contributed by atoms with van der Waals surface area (Å²) in [6.45, 7) is 9.99. The number of rotatable bonds is 11. The zero-order valence-electron chi connectivity index (χ0n) is 18.6. The average Bonchev–Trinajstić information content (AvgIpc) is 3.26. The number of benzene rings is 1. The molecule has 1 aliphatic rings. The molecule has 1 saturated heterocycles. The van der Waals surface area contributed by atoms with Crippen LogP contribution in [0.1, 0.15) is 38.4 Å². The van der Waals surface area contributed by atoms with Crippen molar-refractivity contribution in [3.05, 3.63) is 42.5 Å². The van der Waals surface area contributed by atoms with Gasteiger partial charge in [0.25, 0.3) is 0 Å². The SMILES string of the molecule is CCOCCOCCn1ccnc1C1CCN(C(=S)Nc2ccc(OCC)cc2)CC1. The van der Waals surface area contributed by atoms with E-state index in [0.29, 0.717) is 32.3 Å². The van der Waals surface area contributed by atoms with Crippen LogP contribution in [0.3, 0.4) is 0 Å². The summed E-state index contributed by atoms with van der Waals surface area (Å²) < 4.78 is 18.7. The minimum Gasteiger partial charge on any atom is -0.494 e. The Morgan fingerprint density at radius 3 is 2.52 bits per heavy atom. The van der Waals surface area contributed by atoms with E-state index in [4.69, 9.17) is 26.4 Å². The molecule has 31 heavy (non-hydrogen) atoms. The maximum Gasteiger partial charge on any atom is 0.173 e. The smallest absolute Gasteiger partial charge is 0.173 e. The lowest BCUT2D eigenvalue weighted by molar-refractivity contribution is 0.0493. The summed E-state index contributed by atoms with van der Waals surface area (Å²) in [6.07, 6.45) is 6.01. The molecule has 8 heteroatoms. The first-order valence-corrected chi connectivity index (χ1v) is 11.6. The summed E-state index contributed by atoms with van der Waals surface area (Å²) in [5.74, 6) is 2.47. The van der Waals surface area contributed by atoms with E-state index in [1.54, 1.807) is 0 Å². The monoisotopic (exact) mass is 446 g/mol. The number of likely N-dealkylation sites (tertiary alicyclic amines) is 1. The Bertz CT molecular complexity index is 788. The number of thiocarbonyl (C=S) groups is 1. The largest absolute Gasteiger partial charge is 0.494 e. The van der Waals surface area contributed by atoms with E-state index in [-0.39, 0.29) is 0 Å². The van der Waals surface area contributed by atoms with Gasteiger partial charge < -0.3 is 29.0 Å². The maximum atomic E-state index is 5.66. The van der Waals surface area contributed by atoms with E-state index in [1.807, 2.05) is 50.5 Å². The second-order valence-corrected chi connectivity index (χ2v) is 7.82. The fourth-order valence-electron chi connectivity index (χ4n) is 3.74. The third-order valence-corrected chi connectivity index (χ3v) is 5.72. The third-order valence-electron chi connectivity index (χ3n) is 5.36. The molecule has 1 fully saturated rings. The van der Waals surface area contributed by atoms with E-state index in [1.165, 1.54) is 0 Å². The number of nitrogens with one attached hydrogen (secondary N) is 1. The number of hydrogen-bond donors (Lipinski definition) is 1. The molecule has 1 aliphatic heterocycles. The van der Waals surface area contributed by atoms with Crippen LogP contribution in [0.25, 0.3) is 0 Å². The lowest BCUT2D eigenvalue weighted by Gasteiger charge is -2.33. The van der Waals surface area contributed by atoms with Gasteiger partial charge in [0, 0.05) is 50.2 Å². The summed E-state index contributed by atoms with van der Waals surface area (Å²) in [4.78, 5) is 6.88. The standard InChI is InChI=1S/C23H34N4O3S/c1-3-28-17-18-29-16-15-26-14-11-24-22(26)19-9-12-27(13-10-19)23(31)25-20-5-7-21(8-6-20)30-4-2/h5-8,11,14,19H,3-4,9-10,12-13,15-18H2,1-2H3,(H,25,31). The van der Waals surface area contributed by atoms with E-state index in [9.17, 15) is 0 Å². The van der Waals surface area contributed by atoms with Crippen LogP contribution in [0.2, 0.25) is 0 Å². The number of hydrogen-bond acceptors (Lipinski definition) is 5. The molecule has 0 bridgehead atoms. The van der Waals surface area contributed by atoms with Crippen LogP contribution in [0, 0.1) is 0 Å². The molecule has 0 unspecified atom stereocenters. The fourth-order valence-corrected chi connectivity index (χ4v) is 4.04. The Hall–Kier alpha value is -2.16. The molecule has 2 heterocycles. The lowest BCUT2D eigenvalue weighted by atomic mass is 9.96. The maximum absolute atomic E-state index is 5.66. The quantitative estimate of drug-likeness (QED) is 0.415. The van der Waals surface area contributed by atoms with Crippen LogP contribution in [0.5, 0.6) is 5.75 Å². The molecule has 1 N–H and O–H groups in total. The average molecular weight is 447 g/mol. The molecule has 0 radical (unpaired) electrons. The van der Waals surface area contributed by atoms with Gasteiger partial charge in [-0.2, -0.15) is 0 Å². The minimum absolute atomic E-state index is 0.447. The molecule has 7 nitrogen and oxygen atoms in total. The van der Waals surface area contributed by atoms with E-state index in [0.717, 1.165) is 61.5 Å². The number of ether oxygens (including phenoxy) is 3. The van der Waals surface area contributed by atoms with Crippen LogP contribution in [-0.2, 0) is 16.0 Å². The van der Waals surface area contributed by atoms with Gasteiger partial charge in [-0.05, 0) is 63.2 Å². The summed E-state index contributed by atoms with van der Waals surface area (Å²) in [5, 5.41) is 4.12. The number of anilines is 1. The van der Waals surface area contributed by atoms with Crippen molar-refractivity contribution in [1.29, 1.82) is 0 Å². The van der Waals surface area contributed by atoms with Crippen LogP contribution in [-0.4, -0.2) is 65.7 Å². The second kappa shape index (κ2) is 12.6. The van der Waals surface area contributed by atoms with Gasteiger partial charge in [-0.15, -0.1) is 0 Å². The topological polar surface area (TPSA) is 60.8 Å². The molecule has 0 aliphatic carbocycles.